The molecule has 2 rings (SSSR count). The molecule has 7 nitrogen and oxygen atoms in total. The standard InChI is InChI=1S/C18H23N3O4S.ClH/c1-21(15-8-4-3-5-9-15)26(23,24)17-10-6-7-14(11-17)20-18(22)12-16(13-19)25-2;/h3-11,16H,12-13,19H2,1-2H3,(H,20,22);1H. The van der Waals surface area contributed by atoms with Crippen molar-refractivity contribution in [3.05, 3.63) is 54.6 Å². The molecule has 148 valence electrons. The Kier molecular flexibility index (Phi) is 8.71. The summed E-state index contributed by atoms with van der Waals surface area (Å²) in [6.07, 6.45) is -0.292. The first-order chi connectivity index (χ1) is 12.4. The number of anilines is 2. The van der Waals surface area contributed by atoms with Crippen molar-refractivity contribution in [2.24, 2.45) is 5.73 Å². The summed E-state index contributed by atoms with van der Waals surface area (Å²) in [7, 11) is -0.775. The van der Waals surface area contributed by atoms with Crippen LogP contribution in [-0.2, 0) is 19.6 Å². The van der Waals surface area contributed by atoms with E-state index in [-0.39, 0.29) is 42.3 Å². The number of para-hydroxylation sites is 1. The summed E-state index contributed by atoms with van der Waals surface area (Å²) < 4.78 is 31.9. The highest BCUT2D eigenvalue weighted by atomic mass is 35.5. The van der Waals surface area contributed by atoms with E-state index in [1.807, 2.05) is 6.07 Å². The van der Waals surface area contributed by atoms with Gasteiger partial charge in [-0.05, 0) is 30.3 Å². The van der Waals surface area contributed by atoms with Crippen LogP contribution in [0, 0.1) is 0 Å². The predicted octanol–water partition coefficient (Wildman–Crippen LogP) is 2.24. The Morgan fingerprint density at radius 2 is 1.85 bits per heavy atom. The van der Waals surface area contributed by atoms with Crippen molar-refractivity contribution in [1.82, 2.24) is 0 Å². The molecular formula is C18H24ClN3O4S. The van der Waals surface area contributed by atoms with E-state index in [1.165, 1.54) is 30.6 Å². The van der Waals surface area contributed by atoms with Crippen LogP contribution in [0.25, 0.3) is 0 Å². The Labute approximate surface area is 166 Å². The van der Waals surface area contributed by atoms with Crippen LogP contribution >= 0.6 is 12.4 Å². The number of benzene rings is 2. The van der Waals surface area contributed by atoms with Gasteiger partial charge in [-0.15, -0.1) is 12.4 Å². The molecule has 0 heterocycles. The van der Waals surface area contributed by atoms with Gasteiger partial charge >= 0.3 is 0 Å². The number of rotatable bonds is 8. The second kappa shape index (κ2) is 10.3. The van der Waals surface area contributed by atoms with Gasteiger partial charge in [0.1, 0.15) is 0 Å². The fraction of sp³-hybridized carbons (Fsp3) is 0.278. The zero-order chi connectivity index (χ0) is 19.2. The first kappa shape index (κ1) is 22.9. The van der Waals surface area contributed by atoms with Crippen LogP contribution < -0.4 is 15.4 Å². The van der Waals surface area contributed by atoms with Gasteiger partial charge in [-0.1, -0.05) is 24.3 Å². The number of methoxy groups -OCH3 is 1. The fourth-order valence-electron chi connectivity index (χ4n) is 2.35. The molecule has 9 heteroatoms. The summed E-state index contributed by atoms with van der Waals surface area (Å²) in [5.41, 5.74) is 6.45. The van der Waals surface area contributed by atoms with E-state index in [1.54, 1.807) is 36.4 Å². The fourth-order valence-corrected chi connectivity index (χ4v) is 3.59. The second-order valence-corrected chi connectivity index (χ2v) is 7.65. The number of hydrogen-bond donors (Lipinski definition) is 2. The Balaban J connectivity index is 0.00000364. The van der Waals surface area contributed by atoms with Gasteiger partial charge in [0.25, 0.3) is 10.0 Å². The maximum Gasteiger partial charge on any atom is 0.264 e. The summed E-state index contributed by atoms with van der Waals surface area (Å²) in [4.78, 5) is 12.1. The topological polar surface area (TPSA) is 102 Å². The van der Waals surface area contributed by atoms with E-state index in [4.69, 9.17) is 10.5 Å². The Hall–Kier alpha value is -2.13. The van der Waals surface area contributed by atoms with Crippen LogP contribution in [-0.4, -0.2) is 41.1 Å². The zero-order valence-electron chi connectivity index (χ0n) is 15.2. The third kappa shape index (κ3) is 5.93. The molecule has 27 heavy (non-hydrogen) atoms. The number of sulfonamides is 1. The van der Waals surface area contributed by atoms with Gasteiger partial charge in [0.15, 0.2) is 0 Å². The highest BCUT2D eigenvalue weighted by molar-refractivity contribution is 7.92. The molecule has 1 amide bonds. The quantitative estimate of drug-likeness (QED) is 0.691. The molecule has 0 aromatic heterocycles. The highest BCUT2D eigenvalue weighted by Crippen LogP contribution is 2.23. The lowest BCUT2D eigenvalue weighted by Gasteiger charge is -2.20. The molecule has 0 aliphatic carbocycles. The Morgan fingerprint density at radius 3 is 2.44 bits per heavy atom. The Morgan fingerprint density at radius 1 is 1.19 bits per heavy atom. The molecule has 0 saturated carbocycles. The minimum atomic E-state index is -3.75. The first-order valence-corrected chi connectivity index (χ1v) is 9.49. The lowest BCUT2D eigenvalue weighted by Crippen LogP contribution is -2.28. The molecule has 0 aliphatic rings. The lowest BCUT2D eigenvalue weighted by atomic mass is 10.2. The van der Waals surface area contributed by atoms with Crippen LogP contribution in [0.1, 0.15) is 6.42 Å². The number of carbonyl (C=O) groups is 1. The normalized spacial score (nSPS) is 12.0. The maximum absolute atomic E-state index is 12.8. The molecule has 0 aliphatic heterocycles. The molecule has 0 spiro atoms. The summed E-state index contributed by atoms with van der Waals surface area (Å²) in [5, 5.41) is 2.67. The minimum Gasteiger partial charge on any atom is -0.380 e. The average molecular weight is 414 g/mol. The number of amides is 1. The van der Waals surface area contributed by atoms with Gasteiger partial charge in [-0.2, -0.15) is 0 Å². The summed E-state index contributed by atoms with van der Waals surface area (Å²) >= 11 is 0. The number of nitrogens with one attached hydrogen (secondary N) is 1. The minimum absolute atomic E-state index is 0. The van der Waals surface area contributed by atoms with Crippen LogP contribution in [0.15, 0.2) is 59.5 Å². The number of hydrogen-bond acceptors (Lipinski definition) is 5. The number of ether oxygens (including phenoxy) is 1. The zero-order valence-corrected chi connectivity index (χ0v) is 16.8. The number of nitrogens with two attached hydrogens (primary N) is 1. The van der Waals surface area contributed by atoms with E-state index < -0.39 is 10.0 Å². The highest BCUT2D eigenvalue weighted by Gasteiger charge is 2.22. The van der Waals surface area contributed by atoms with Gasteiger partial charge in [0.05, 0.1) is 23.1 Å². The monoisotopic (exact) mass is 413 g/mol. The largest absolute Gasteiger partial charge is 0.380 e. The summed E-state index contributed by atoms with van der Waals surface area (Å²) in [6.45, 7) is 0.222. The van der Waals surface area contributed by atoms with E-state index in [2.05, 4.69) is 5.32 Å². The van der Waals surface area contributed by atoms with E-state index in [0.29, 0.717) is 11.4 Å². The molecule has 3 N–H and O–H groups in total. The molecular weight excluding hydrogens is 390 g/mol. The van der Waals surface area contributed by atoms with Gasteiger partial charge in [0, 0.05) is 26.4 Å². The van der Waals surface area contributed by atoms with Crippen LogP contribution in [0.5, 0.6) is 0 Å². The van der Waals surface area contributed by atoms with Gasteiger partial charge < -0.3 is 15.8 Å². The summed E-state index contributed by atoms with van der Waals surface area (Å²) in [5.74, 6) is -0.298. The van der Waals surface area contributed by atoms with E-state index >= 15 is 0 Å². The van der Waals surface area contributed by atoms with Crippen LogP contribution in [0.2, 0.25) is 0 Å². The van der Waals surface area contributed by atoms with Crippen LogP contribution in [0.3, 0.4) is 0 Å². The molecule has 2 aromatic rings. The number of halogens is 1. The first-order valence-electron chi connectivity index (χ1n) is 8.05. The van der Waals surface area contributed by atoms with Crippen molar-refractivity contribution < 1.29 is 17.9 Å². The van der Waals surface area contributed by atoms with Gasteiger partial charge in [-0.3, -0.25) is 9.10 Å². The molecule has 0 saturated heterocycles. The van der Waals surface area contributed by atoms with E-state index in [0.717, 1.165) is 0 Å². The van der Waals surface area contributed by atoms with Crippen molar-refractivity contribution in [3.8, 4) is 0 Å². The smallest absolute Gasteiger partial charge is 0.264 e. The average Bonchev–Trinajstić information content (AvgIpc) is 2.66. The van der Waals surface area contributed by atoms with Crippen molar-refractivity contribution in [1.29, 1.82) is 0 Å². The van der Waals surface area contributed by atoms with Crippen molar-refractivity contribution in [2.75, 3.05) is 30.3 Å². The number of carbonyl (C=O) groups excluding carboxylic acids is 1. The van der Waals surface area contributed by atoms with Crippen LogP contribution in [0.4, 0.5) is 11.4 Å². The molecule has 1 unspecified atom stereocenters. The molecule has 1 atom stereocenters. The molecule has 0 bridgehead atoms. The summed E-state index contributed by atoms with van der Waals surface area (Å²) in [6, 6.07) is 14.9. The Bertz CT molecular complexity index is 843. The lowest BCUT2D eigenvalue weighted by molar-refractivity contribution is -0.118. The molecule has 0 radical (unpaired) electrons. The maximum atomic E-state index is 12.8. The van der Waals surface area contributed by atoms with Gasteiger partial charge in [0.2, 0.25) is 5.91 Å². The third-order valence-electron chi connectivity index (χ3n) is 3.91. The van der Waals surface area contributed by atoms with Crippen molar-refractivity contribution in [3.63, 3.8) is 0 Å². The van der Waals surface area contributed by atoms with Gasteiger partial charge in [-0.25, -0.2) is 8.42 Å². The molecule has 0 fully saturated rings. The van der Waals surface area contributed by atoms with Crippen molar-refractivity contribution in [2.45, 2.75) is 17.4 Å². The molecule has 2 aromatic carbocycles. The second-order valence-electron chi connectivity index (χ2n) is 5.68. The number of nitrogens with zero attached hydrogens (tertiary/aromatic N) is 1. The van der Waals surface area contributed by atoms with E-state index in [9.17, 15) is 13.2 Å². The SMILES string of the molecule is COC(CN)CC(=O)Nc1cccc(S(=O)(=O)N(C)c2ccccc2)c1.Cl. The van der Waals surface area contributed by atoms with Crippen molar-refractivity contribution >= 4 is 39.7 Å². The third-order valence-corrected chi connectivity index (χ3v) is 5.69. The predicted molar refractivity (Wildman–Crippen MR) is 109 cm³/mol.